The fourth-order valence-electron chi connectivity index (χ4n) is 3.88. The van der Waals surface area contributed by atoms with Crippen LogP contribution in [0, 0.1) is 10.1 Å². The monoisotopic (exact) mass is 588 g/mol. The summed E-state index contributed by atoms with van der Waals surface area (Å²) in [5, 5.41) is 23.9. The van der Waals surface area contributed by atoms with Gasteiger partial charge in [0.15, 0.2) is 4.80 Å². The molecule has 1 aliphatic rings. The van der Waals surface area contributed by atoms with Crippen LogP contribution in [0.2, 0.25) is 0 Å². The number of nitro benzene ring substituents is 1. The number of hydrogen-bond acceptors (Lipinski definition) is 9. The summed E-state index contributed by atoms with van der Waals surface area (Å²) in [6.07, 6.45) is 3.27. The van der Waals surface area contributed by atoms with E-state index in [2.05, 4.69) is 20.9 Å². The van der Waals surface area contributed by atoms with Gasteiger partial charge >= 0.3 is 5.97 Å². The van der Waals surface area contributed by atoms with Crippen molar-refractivity contribution in [2.75, 3.05) is 12.9 Å². The van der Waals surface area contributed by atoms with Gasteiger partial charge < -0.3 is 9.84 Å². The van der Waals surface area contributed by atoms with Crippen LogP contribution in [0.25, 0.3) is 6.08 Å². The molecule has 4 rings (SSSR count). The topological polar surface area (TPSA) is 127 Å². The van der Waals surface area contributed by atoms with Gasteiger partial charge in [0.25, 0.3) is 11.2 Å². The first kappa shape index (κ1) is 25.9. The van der Waals surface area contributed by atoms with Gasteiger partial charge in [-0.1, -0.05) is 39.4 Å². The molecule has 2 heterocycles. The summed E-state index contributed by atoms with van der Waals surface area (Å²) in [5.41, 5.74) is 0.270. The predicted octanol–water partition coefficient (Wildman–Crippen LogP) is 3.26. The van der Waals surface area contributed by atoms with E-state index >= 15 is 0 Å². The molecule has 9 nitrogen and oxygen atoms in total. The molecule has 0 amide bonds. The second kappa shape index (κ2) is 10.4. The molecule has 0 radical (unpaired) electrons. The molecule has 186 valence electrons. The van der Waals surface area contributed by atoms with Crippen molar-refractivity contribution in [1.82, 2.24) is 4.57 Å². The molecule has 0 aliphatic carbocycles. The molecule has 0 fully saturated rings. The van der Waals surface area contributed by atoms with Gasteiger partial charge in [-0.2, -0.15) is 0 Å². The quantitative estimate of drug-likeness (QED) is 0.187. The highest BCUT2D eigenvalue weighted by Crippen LogP contribution is 2.33. The molecule has 1 atom stereocenters. The van der Waals surface area contributed by atoms with E-state index < -0.39 is 33.9 Å². The number of hydrogen-bond donors (Lipinski definition) is 0. The van der Waals surface area contributed by atoms with Crippen molar-refractivity contribution >= 4 is 56.8 Å². The number of nitrogens with zero attached hydrogens (tertiary/aromatic N) is 3. The number of fused-ring (bicyclic) bond motifs is 1. The Morgan fingerprint density at radius 3 is 2.64 bits per heavy atom. The minimum Gasteiger partial charge on any atom is -0.867 e. The van der Waals surface area contributed by atoms with E-state index in [9.17, 15) is 24.8 Å². The summed E-state index contributed by atoms with van der Waals surface area (Å²) < 4.78 is 7.17. The zero-order valence-electron chi connectivity index (χ0n) is 19.3. The average Bonchev–Trinajstić information content (AvgIpc) is 3.14. The number of esters is 1. The van der Waals surface area contributed by atoms with E-state index in [1.807, 2.05) is 30.5 Å². The lowest BCUT2D eigenvalue weighted by atomic mass is 9.96. The van der Waals surface area contributed by atoms with Crippen LogP contribution in [0.3, 0.4) is 0 Å². The molecular formula is C24H19BrN3O6S2-. The van der Waals surface area contributed by atoms with E-state index in [1.165, 1.54) is 16.7 Å². The first-order valence-corrected chi connectivity index (χ1v) is 13.5. The van der Waals surface area contributed by atoms with E-state index in [0.717, 1.165) is 22.3 Å². The summed E-state index contributed by atoms with van der Waals surface area (Å²) >= 11 is 5.78. The number of nitro groups is 1. The minimum atomic E-state index is -0.804. The molecule has 2 aromatic carbocycles. The number of carbonyl (C=O) groups excluding carboxylic acids is 1. The lowest BCUT2D eigenvalue weighted by Gasteiger charge is -2.24. The third kappa shape index (κ3) is 4.75. The minimum absolute atomic E-state index is 0.0106. The van der Waals surface area contributed by atoms with Gasteiger partial charge in [0, 0.05) is 15.4 Å². The van der Waals surface area contributed by atoms with Crippen LogP contribution in [0.1, 0.15) is 31.0 Å². The predicted molar refractivity (Wildman–Crippen MR) is 139 cm³/mol. The van der Waals surface area contributed by atoms with Crippen LogP contribution < -0.4 is 20.0 Å². The number of halogens is 1. The number of benzene rings is 2. The maximum atomic E-state index is 13.6. The largest absolute Gasteiger partial charge is 0.867 e. The van der Waals surface area contributed by atoms with Crippen molar-refractivity contribution in [2.45, 2.75) is 24.8 Å². The summed E-state index contributed by atoms with van der Waals surface area (Å²) in [4.78, 5) is 42.9. The van der Waals surface area contributed by atoms with Gasteiger partial charge in [0.05, 0.1) is 33.4 Å². The number of ether oxygens (including phenoxy) is 1. The molecule has 0 bridgehead atoms. The van der Waals surface area contributed by atoms with Gasteiger partial charge in [-0.25, -0.2) is 9.79 Å². The van der Waals surface area contributed by atoms with Gasteiger partial charge in [0.2, 0.25) is 0 Å². The lowest BCUT2D eigenvalue weighted by molar-refractivity contribution is -0.398. The fraction of sp³-hybridized carbons (Fsp3) is 0.208. The highest BCUT2D eigenvalue weighted by molar-refractivity contribution is 9.10. The van der Waals surface area contributed by atoms with E-state index in [-0.39, 0.29) is 22.3 Å². The van der Waals surface area contributed by atoms with Crippen molar-refractivity contribution in [2.24, 2.45) is 4.99 Å². The van der Waals surface area contributed by atoms with Crippen LogP contribution in [-0.4, -0.2) is 28.3 Å². The van der Waals surface area contributed by atoms with Gasteiger partial charge in [0.1, 0.15) is 0 Å². The van der Waals surface area contributed by atoms with Crippen molar-refractivity contribution < 1.29 is 19.6 Å². The standard InChI is InChI=1S/C24H20BrN3O6S2/c1-4-34-23(31)19-12(2)26-24-27(20(19)13-5-7-16(35-3)8-6-13)22(30)18(36-24)10-14-9-15(25)11-17(21(14)29)28(32)33/h5-11,20,29H,4H2,1-3H3/p-1/b18-10-/t20-/m0/s1. The van der Waals surface area contributed by atoms with Gasteiger partial charge in [-0.15, -0.1) is 11.8 Å². The Hall–Kier alpha value is -3.22. The maximum absolute atomic E-state index is 13.6. The molecule has 3 aromatic rings. The van der Waals surface area contributed by atoms with Crippen LogP contribution in [-0.2, 0) is 9.53 Å². The SMILES string of the molecule is CCOC(=O)C1=C(C)N=c2s/c(=C\c3cc(Br)cc([N+](=O)[O-])c3[O-])c(=O)n2[C@H]1c1ccc(SC)cc1. The van der Waals surface area contributed by atoms with Crippen molar-refractivity contribution in [1.29, 1.82) is 0 Å². The molecule has 0 spiro atoms. The summed E-state index contributed by atoms with van der Waals surface area (Å²) in [6.45, 7) is 3.54. The summed E-state index contributed by atoms with van der Waals surface area (Å²) in [7, 11) is 0. The molecular weight excluding hydrogens is 570 g/mol. The Kier molecular flexibility index (Phi) is 7.48. The Balaban J connectivity index is 1.97. The highest BCUT2D eigenvalue weighted by Gasteiger charge is 2.33. The highest BCUT2D eigenvalue weighted by atomic mass is 79.9. The third-order valence-electron chi connectivity index (χ3n) is 5.49. The zero-order chi connectivity index (χ0) is 26.1. The fourth-order valence-corrected chi connectivity index (χ4v) is 5.79. The van der Waals surface area contributed by atoms with Crippen molar-refractivity contribution in [3.63, 3.8) is 0 Å². The summed E-state index contributed by atoms with van der Waals surface area (Å²) in [6, 6.07) is 9.24. The Morgan fingerprint density at radius 2 is 2.03 bits per heavy atom. The van der Waals surface area contributed by atoms with Gasteiger partial charge in [-0.05, 0) is 61.3 Å². The molecule has 1 aromatic heterocycles. The third-order valence-corrected chi connectivity index (χ3v) is 7.68. The number of carbonyl (C=O) groups is 1. The Labute approximate surface area is 221 Å². The molecule has 1 aliphatic heterocycles. The molecule has 36 heavy (non-hydrogen) atoms. The normalized spacial score (nSPS) is 15.4. The van der Waals surface area contributed by atoms with E-state index in [0.29, 0.717) is 20.5 Å². The zero-order valence-corrected chi connectivity index (χ0v) is 22.5. The van der Waals surface area contributed by atoms with Crippen LogP contribution in [0.5, 0.6) is 5.75 Å². The van der Waals surface area contributed by atoms with Crippen molar-refractivity contribution in [3.8, 4) is 5.75 Å². The second-order valence-electron chi connectivity index (χ2n) is 7.68. The molecule has 0 saturated heterocycles. The first-order valence-electron chi connectivity index (χ1n) is 10.6. The number of allylic oxidation sites excluding steroid dienone is 1. The van der Waals surface area contributed by atoms with Crippen LogP contribution in [0.4, 0.5) is 5.69 Å². The average molecular weight is 589 g/mol. The van der Waals surface area contributed by atoms with E-state index in [4.69, 9.17) is 4.74 Å². The number of thiazole rings is 1. The second-order valence-corrected chi connectivity index (χ2v) is 10.5. The number of aromatic nitrogens is 1. The molecule has 0 unspecified atom stereocenters. The van der Waals surface area contributed by atoms with E-state index in [1.54, 1.807) is 25.6 Å². The molecule has 0 N–H and O–H groups in total. The lowest BCUT2D eigenvalue weighted by Crippen LogP contribution is -2.39. The first-order chi connectivity index (χ1) is 17.2. The van der Waals surface area contributed by atoms with Gasteiger partial charge in [-0.3, -0.25) is 19.5 Å². The number of rotatable bonds is 6. The number of thioether (sulfide) groups is 1. The molecule has 0 saturated carbocycles. The Bertz CT molecular complexity index is 1590. The van der Waals surface area contributed by atoms with Crippen molar-refractivity contribution in [3.05, 3.63) is 93.1 Å². The Morgan fingerprint density at radius 1 is 1.33 bits per heavy atom. The molecule has 12 heteroatoms. The smallest absolute Gasteiger partial charge is 0.338 e. The maximum Gasteiger partial charge on any atom is 0.338 e. The summed E-state index contributed by atoms with van der Waals surface area (Å²) in [5.74, 6) is -1.38. The van der Waals surface area contributed by atoms with Crippen LogP contribution >= 0.6 is 39.0 Å². The van der Waals surface area contributed by atoms with Crippen LogP contribution in [0.15, 0.2) is 66.8 Å².